The van der Waals surface area contributed by atoms with Gasteiger partial charge in [-0.2, -0.15) is 4.89 Å². The van der Waals surface area contributed by atoms with Crippen LogP contribution in [0.5, 0.6) is 5.75 Å². The first-order valence-corrected chi connectivity index (χ1v) is 8.71. The molecule has 0 aliphatic carbocycles. The third-order valence-corrected chi connectivity index (χ3v) is 3.89. The van der Waals surface area contributed by atoms with Gasteiger partial charge in [0.1, 0.15) is 24.9 Å². The van der Waals surface area contributed by atoms with E-state index < -0.39 is 12.0 Å². The third kappa shape index (κ3) is 5.29. The number of rotatable bonds is 11. The second-order valence-electron chi connectivity index (χ2n) is 6.02. The molecule has 13 nitrogen and oxygen atoms in total. The molecule has 1 atom stereocenters. The molecule has 156 valence electrons. The Hall–Kier alpha value is -4.00. The van der Waals surface area contributed by atoms with E-state index in [2.05, 4.69) is 25.6 Å². The fourth-order valence-corrected chi connectivity index (χ4v) is 2.45. The van der Waals surface area contributed by atoms with Crippen LogP contribution in [0.1, 0.15) is 18.7 Å². The molecule has 1 aromatic carbocycles. The second-order valence-corrected chi connectivity index (χ2v) is 6.02. The van der Waals surface area contributed by atoms with Gasteiger partial charge >= 0.3 is 5.97 Å². The van der Waals surface area contributed by atoms with Gasteiger partial charge in [0.25, 0.3) is 5.95 Å². The summed E-state index contributed by atoms with van der Waals surface area (Å²) in [6, 6.07) is 5.72. The third-order valence-electron chi connectivity index (χ3n) is 3.89. The van der Waals surface area contributed by atoms with E-state index in [9.17, 15) is 14.6 Å². The fraction of sp³-hybridized carbons (Fsp3) is 0.294. The van der Waals surface area contributed by atoms with Crippen molar-refractivity contribution in [2.45, 2.75) is 19.5 Å². The Morgan fingerprint density at radius 3 is 2.80 bits per heavy atom. The molecule has 0 amide bonds. The molecule has 0 bridgehead atoms. The summed E-state index contributed by atoms with van der Waals surface area (Å²) in [4.78, 5) is 46.9. The van der Waals surface area contributed by atoms with Gasteiger partial charge in [0, 0.05) is 24.5 Å². The maximum atomic E-state index is 11.2. The Kier molecular flexibility index (Phi) is 6.89. The van der Waals surface area contributed by atoms with E-state index in [1.807, 2.05) is 0 Å². The van der Waals surface area contributed by atoms with Crippen molar-refractivity contribution < 1.29 is 19.3 Å². The van der Waals surface area contributed by atoms with Crippen molar-refractivity contribution in [1.29, 1.82) is 0 Å². The van der Waals surface area contributed by atoms with Crippen LogP contribution in [0.2, 0.25) is 0 Å². The zero-order valence-electron chi connectivity index (χ0n) is 15.8. The standard InChI is InChI=1S/C17H17N7O6/c1-12(25)28-10-14(11-29-30-16-5-3-2-4-15(16)20-26)24-9-13(19-22-24)8-23-7-6-18-17(23)21-27/h2-7,9,14H,8,10-11H2,1H3. The van der Waals surface area contributed by atoms with Crippen LogP contribution in [0, 0.1) is 9.81 Å². The SMILES string of the molecule is CC(=O)OCC(COOc1ccccc1N=O)n1cc(Cn2ccnc2N=O)nn1. The van der Waals surface area contributed by atoms with Gasteiger partial charge in [-0.05, 0) is 17.3 Å². The number of carbonyl (C=O) groups is 1. The van der Waals surface area contributed by atoms with Crippen molar-refractivity contribution in [3.63, 3.8) is 0 Å². The molecule has 3 aromatic rings. The van der Waals surface area contributed by atoms with Crippen molar-refractivity contribution in [2.75, 3.05) is 13.2 Å². The summed E-state index contributed by atoms with van der Waals surface area (Å²) in [7, 11) is 0. The molecule has 0 saturated carbocycles. The second kappa shape index (κ2) is 9.97. The predicted molar refractivity (Wildman–Crippen MR) is 101 cm³/mol. The molecular weight excluding hydrogens is 398 g/mol. The number of benzene rings is 1. The maximum Gasteiger partial charge on any atom is 0.302 e. The molecule has 0 spiro atoms. The van der Waals surface area contributed by atoms with E-state index >= 15 is 0 Å². The molecule has 2 aromatic heterocycles. The van der Waals surface area contributed by atoms with E-state index in [1.54, 1.807) is 24.5 Å². The van der Waals surface area contributed by atoms with Crippen LogP contribution >= 0.6 is 0 Å². The van der Waals surface area contributed by atoms with Gasteiger partial charge in [0.05, 0.1) is 12.7 Å². The molecule has 3 rings (SSSR count). The average molecular weight is 415 g/mol. The van der Waals surface area contributed by atoms with Crippen LogP contribution in [-0.2, 0) is 21.0 Å². The van der Waals surface area contributed by atoms with Crippen LogP contribution in [-0.4, -0.2) is 43.7 Å². The average Bonchev–Trinajstić information content (AvgIpc) is 3.40. The fourth-order valence-electron chi connectivity index (χ4n) is 2.45. The van der Waals surface area contributed by atoms with Crippen molar-refractivity contribution >= 4 is 17.6 Å². The number of nitrogens with zero attached hydrogens (tertiary/aromatic N) is 7. The first kappa shape index (κ1) is 20.7. The summed E-state index contributed by atoms with van der Waals surface area (Å²) < 4.78 is 8.00. The Morgan fingerprint density at radius 1 is 1.20 bits per heavy atom. The molecule has 2 heterocycles. The van der Waals surface area contributed by atoms with Gasteiger partial charge in [-0.25, -0.2) is 9.67 Å². The number of aromatic nitrogens is 5. The summed E-state index contributed by atoms with van der Waals surface area (Å²) >= 11 is 0. The Labute approximate surface area is 169 Å². The Balaban J connectivity index is 1.67. The lowest BCUT2D eigenvalue weighted by molar-refractivity contribution is -0.217. The van der Waals surface area contributed by atoms with Crippen molar-refractivity contribution in [2.24, 2.45) is 10.4 Å². The number of imidazole rings is 1. The van der Waals surface area contributed by atoms with Gasteiger partial charge in [-0.15, -0.1) is 14.9 Å². The van der Waals surface area contributed by atoms with Crippen LogP contribution in [0.25, 0.3) is 0 Å². The molecule has 0 aliphatic heterocycles. The number of hydrogen-bond donors (Lipinski definition) is 0. The highest BCUT2D eigenvalue weighted by atomic mass is 17.2. The summed E-state index contributed by atoms with van der Waals surface area (Å²) in [6.45, 7) is 1.37. The molecule has 1 unspecified atom stereocenters. The van der Waals surface area contributed by atoms with Crippen LogP contribution in [0.15, 0.2) is 53.2 Å². The van der Waals surface area contributed by atoms with E-state index in [4.69, 9.17) is 14.5 Å². The molecule has 0 saturated heterocycles. The van der Waals surface area contributed by atoms with Crippen molar-refractivity contribution in [3.8, 4) is 5.75 Å². The molecule has 0 radical (unpaired) electrons. The largest absolute Gasteiger partial charge is 0.463 e. The highest BCUT2D eigenvalue weighted by molar-refractivity contribution is 5.65. The predicted octanol–water partition coefficient (Wildman–Crippen LogP) is 2.43. The topological polar surface area (TPSA) is 152 Å². The summed E-state index contributed by atoms with van der Waals surface area (Å²) in [6.07, 6.45) is 4.64. The van der Waals surface area contributed by atoms with E-state index in [0.29, 0.717) is 5.69 Å². The monoisotopic (exact) mass is 415 g/mol. The minimum atomic E-state index is -0.571. The minimum Gasteiger partial charge on any atom is -0.463 e. The minimum absolute atomic E-state index is 0.0141. The lowest BCUT2D eigenvalue weighted by atomic mass is 10.3. The number of esters is 1. The lowest BCUT2D eigenvalue weighted by Crippen LogP contribution is -2.23. The number of para-hydroxylation sites is 1. The molecule has 0 N–H and O–H groups in total. The molecular formula is C17H17N7O6. The van der Waals surface area contributed by atoms with Crippen LogP contribution in [0.3, 0.4) is 0 Å². The normalized spacial score (nSPS) is 11.6. The van der Waals surface area contributed by atoms with Crippen LogP contribution in [0.4, 0.5) is 11.6 Å². The summed E-state index contributed by atoms with van der Waals surface area (Å²) in [5.74, 6) is -0.316. The molecule has 0 fully saturated rings. The number of ether oxygens (including phenoxy) is 1. The van der Waals surface area contributed by atoms with Gasteiger partial charge in [-0.1, -0.05) is 17.3 Å². The smallest absolute Gasteiger partial charge is 0.302 e. The highest BCUT2D eigenvalue weighted by Gasteiger charge is 2.18. The van der Waals surface area contributed by atoms with Gasteiger partial charge in [0.2, 0.25) is 0 Å². The van der Waals surface area contributed by atoms with Gasteiger partial charge < -0.3 is 14.2 Å². The van der Waals surface area contributed by atoms with Gasteiger partial charge in [0.15, 0.2) is 11.4 Å². The number of carbonyl (C=O) groups excluding carboxylic acids is 1. The molecule has 13 heteroatoms. The highest BCUT2D eigenvalue weighted by Crippen LogP contribution is 2.26. The Morgan fingerprint density at radius 2 is 2.03 bits per heavy atom. The van der Waals surface area contributed by atoms with E-state index in [0.717, 1.165) is 0 Å². The molecule has 30 heavy (non-hydrogen) atoms. The van der Waals surface area contributed by atoms with E-state index in [-0.39, 0.29) is 37.1 Å². The quantitative estimate of drug-likeness (QED) is 0.199. The van der Waals surface area contributed by atoms with Crippen molar-refractivity contribution in [1.82, 2.24) is 24.5 Å². The van der Waals surface area contributed by atoms with Crippen molar-refractivity contribution in [3.05, 3.63) is 58.4 Å². The summed E-state index contributed by atoms with van der Waals surface area (Å²) in [5.41, 5.74) is 0.596. The first-order chi connectivity index (χ1) is 14.6. The number of nitroso groups, excluding NO2 is 2. The molecule has 0 aliphatic rings. The Bertz CT molecular complexity index is 1020. The zero-order chi connectivity index (χ0) is 21.3. The zero-order valence-corrected chi connectivity index (χ0v) is 15.8. The lowest BCUT2D eigenvalue weighted by Gasteiger charge is -2.16. The van der Waals surface area contributed by atoms with E-state index in [1.165, 1.54) is 34.5 Å². The number of hydrogen-bond acceptors (Lipinski definition) is 11. The summed E-state index contributed by atoms with van der Waals surface area (Å²) in [5, 5.41) is 13.7. The maximum absolute atomic E-state index is 11.2. The van der Waals surface area contributed by atoms with Gasteiger partial charge in [-0.3, -0.25) is 4.79 Å². The van der Waals surface area contributed by atoms with Crippen LogP contribution < -0.4 is 4.89 Å². The first-order valence-electron chi connectivity index (χ1n) is 8.71.